The number of likely N-dealkylation sites (N-methyl/N-ethyl adjacent to an activating group) is 1. The molecule has 0 spiro atoms. The molecule has 1 unspecified atom stereocenters. The summed E-state index contributed by atoms with van der Waals surface area (Å²) in [5, 5.41) is 0.00754. The largest absolute Gasteiger partial charge is 0.303 e. The lowest BCUT2D eigenvalue weighted by atomic mass is 10.1. The molecule has 6 nitrogen and oxygen atoms in total. The third-order valence-electron chi connectivity index (χ3n) is 4.64. The van der Waals surface area contributed by atoms with Gasteiger partial charge in [-0.3, -0.25) is 0 Å². The molecule has 1 fully saturated rings. The van der Waals surface area contributed by atoms with E-state index in [9.17, 15) is 16.8 Å². The molecule has 1 aliphatic rings. The van der Waals surface area contributed by atoms with Gasteiger partial charge < -0.3 is 4.90 Å². The molecular weight excluding hydrogens is 408 g/mol. The third-order valence-corrected chi connectivity index (χ3v) is 8.14. The molecule has 0 bridgehead atoms. The minimum absolute atomic E-state index is 0.00754. The molecule has 1 atom stereocenters. The first-order chi connectivity index (χ1) is 12.6. The number of piperazine rings is 1. The van der Waals surface area contributed by atoms with E-state index in [0.717, 1.165) is 17.9 Å². The number of rotatable bonds is 4. The first kappa shape index (κ1) is 20.3. The van der Waals surface area contributed by atoms with Gasteiger partial charge in [0.05, 0.1) is 16.0 Å². The van der Waals surface area contributed by atoms with E-state index < -0.39 is 19.9 Å². The maximum absolute atomic E-state index is 13.4. The van der Waals surface area contributed by atoms with Crippen LogP contribution in [-0.2, 0) is 19.9 Å². The Morgan fingerprint density at radius 1 is 1.00 bits per heavy atom. The highest BCUT2D eigenvalue weighted by molar-refractivity contribution is 7.91. The quantitative estimate of drug-likeness (QED) is 0.747. The Bertz CT molecular complexity index is 1040. The normalized spacial score (nSPS) is 19.9. The number of nitrogens with zero attached hydrogens (tertiary/aromatic N) is 2. The molecule has 0 radical (unpaired) electrons. The summed E-state index contributed by atoms with van der Waals surface area (Å²) in [4.78, 5) is 1.81. The SMILES string of the molecule is CN1CCN(S(=O)(=O)c2cc(S(C)(=O)=O)ccc2Cl)C(c2ccccc2)C1. The van der Waals surface area contributed by atoms with Crippen LogP contribution in [0.2, 0.25) is 5.02 Å². The predicted molar refractivity (Wildman–Crippen MR) is 105 cm³/mol. The van der Waals surface area contributed by atoms with Crippen molar-refractivity contribution >= 4 is 31.5 Å². The Morgan fingerprint density at radius 2 is 1.67 bits per heavy atom. The molecular formula is C18H21ClN2O4S2. The topological polar surface area (TPSA) is 74.8 Å². The number of hydrogen-bond acceptors (Lipinski definition) is 5. The van der Waals surface area contributed by atoms with Crippen molar-refractivity contribution in [2.24, 2.45) is 0 Å². The van der Waals surface area contributed by atoms with E-state index in [2.05, 4.69) is 4.90 Å². The van der Waals surface area contributed by atoms with Crippen molar-refractivity contribution in [3.05, 3.63) is 59.1 Å². The van der Waals surface area contributed by atoms with Crippen molar-refractivity contribution in [3.8, 4) is 0 Å². The van der Waals surface area contributed by atoms with Crippen LogP contribution in [-0.4, -0.2) is 59.0 Å². The summed E-state index contributed by atoms with van der Waals surface area (Å²) in [5.41, 5.74) is 0.878. The first-order valence-electron chi connectivity index (χ1n) is 8.35. The van der Waals surface area contributed by atoms with E-state index in [0.29, 0.717) is 13.1 Å². The monoisotopic (exact) mass is 428 g/mol. The molecule has 0 aromatic heterocycles. The van der Waals surface area contributed by atoms with Crippen molar-refractivity contribution < 1.29 is 16.8 Å². The van der Waals surface area contributed by atoms with E-state index in [1.165, 1.54) is 16.4 Å². The molecule has 0 saturated carbocycles. The standard InChI is InChI=1S/C18H21ClN2O4S2/c1-20-10-11-21(17(13-20)14-6-4-3-5-7-14)27(24,25)18-12-15(26(2,22)23)8-9-16(18)19/h3-9,12,17H,10-11,13H2,1-2H3. The van der Waals surface area contributed by atoms with Crippen molar-refractivity contribution in [2.45, 2.75) is 15.8 Å². The second-order valence-corrected chi connectivity index (χ2v) is 11.0. The van der Waals surface area contributed by atoms with Crippen LogP contribution in [0.4, 0.5) is 0 Å². The zero-order chi connectivity index (χ0) is 19.8. The fourth-order valence-electron chi connectivity index (χ4n) is 3.18. The number of sulfone groups is 1. The van der Waals surface area contributed by atoms with Gasteiger partial charge in [0.25, 0.3) is 0 Å². The summed E-state index contributed by atoms with van der Waals surface area (Å²) >= 11 is 6.16. The fraction of sp³-hybridized carbons (Fsp3) is 0.333. The fourth-order valence-corrected chi connectivity index (χ4v) is 6.00. The summed E-state index contributed by atoms with van der Waals surface area (Å²) in [6.45, 7) is 1.40. The second kappa shape index (κ2) is 7.52. The number of sulfonamides is 1. The van der Waals surface area contributed by atoms with Gasteiger partial charge in [-0.1, -0.05) is 41.9 Å². The first-order valence-corrected chi connectivity index (χ1v) is 12.1. The highest BCUT2D eigenvalue weighted by Crippen LogP contribution is 2.34. The summed E-state index contributed by atoms with van der Waals surface area (Å²) in [7, 11) is -5.60. The Hall–Kier alpha value is -1.45. The van der Waals surface area contributed by atoms with E-state index in [1.807, 2.05) is 37.4 Å². The molecule has 0 amide bonds. The molecule has 1 aliphatic heterocycles. The summed E-state index contributed by atoms with van der Waals surface area (Å²) < 4.78 is 52.0. The van der Waals surface area contributed by atoms with Gasteiger partial charge in [-0.2, -0.15) is 4.31 Å². The second-order valence-electron chi connectivity index (χ2n) is 6.67. The van der Waals surface area contributed by atoms with Gasteiger partial charge in [0.2, 0.25) is 10.0 Å². The zero-order valence-corrected chi connectivity index (χ0v) is 17.4. The van der Waals surface area contributed by atoms with Gasteiger partial charge in [0, 0.05) is 25.9 Å². The maximum atomic E-state index is 13.4. The van der Waals surface area contributed by atoms with Crippen LogP contribution in [0.15, 0.2) is 58.3 Å². The molecule has 3 rings (SSSR count). The summed E-state index contributed by atoms with van der Waals surface area (Å²) in [6.07, 6.45) is 1.04. The number of benzene rings is 2. The maximum Gasteiger partial charge on any atom is 0.245 e. The molecule has 0 N–H and O–H groups in total. The van der Waals surface area contributed by atoms with E-state index in [-0.39, 0.29) is 27.4 Å². The summed E-state index contributed by atoms with van der Waals surface area (Å²) in [6, 6.07) is 12.8. The number of hydrogen-bond donors (Lipinski definition) is 0. The zero-order valence-electron chi connectivity index (χ0n) is 15.0. The molecule has 0 aliphatic carbocycles. The smallest absolute Gasteiger partial charge is 0.245 e. The lowest BCUT2D eigenvalue weighted by Gasteiger charge is -2.39. The molecule has 1 heterocycles. The van der Waals surface area contributed by atoms with Crippen LogP contribution < -0.4 is 0 Å². The Labute approximate surface area is 165 Å². The van der Waals surface area contributed by atoms with Crippen LogP contribution in [0, 0.1) is 0 Å². The lowest BCUT2D eigenvalue weighted by Crippen LogP contribution is -2.49. The molecule has 2 aromatic carbocycles. The predicted octanol–water partition coefficient (Wildman–Crippen LogP) is 2.42. The van der Waals surface area contributed by atoms with E-state index >= 15 is 0 Å². The van der Waals surface area contributed by atoms with Gasteiger partial charge in [0.1, 0.15) is 4.90 Å². The molecule has 1 saturated heterocycles. The van der Waals surface area contributed by atoms with Crippen molar-refractivity contribution in [1.82, 2.24) is 9.21 Å². The van der Waals surface area contributed by atoms with Crippen LogP contribution in [0.3, 0.4) is 0 Å². The highest BCUT2D eigenvalue weighted by atomic mass is 35.5. The van der Waals surface area contributed by atoms with E-state index in [1.54, 1.807) is 0 Å². The van der Waals surface area contributed by atoms with Crippen molar-refractivity contribution in [2.75, 3.05) is 32.9 Å². The number of halogens is 1. The van der Waals surface area contributed by atoms with Crippen LogP contribution in [0.5, 0.6) is 0 Å². The Kier molecular flexibility index (Phi) is 5.65. The molecule has 27 heavy (non-hydrogen) atoms. The van der Waals surface area contributed by atoms with Crippen molar-refractivity contribution in [3.63, 3.8) is 0 Å². The average molecular weight is 429 g/mol. The van der Waals surface area contributed by atoms with Gasteiger partial charge >= 0.3 is 0 Å². The van der Waals surface area contributed by atoms with Crippen LogP contribution in [0.25, 0.3) is 0 Å². The molecule has 146 valence electrons. The van der Waals surface area contributed by atoms with Crippen LogP contribution in [0.1, 0.15) is 11.6 Å². The van der Waals surface area contributed by atoms with Gasteiger partial charge in [0.15, 0.2) is 9.84 Å². The highest BCUT2D eigenvalue weighted by Gasteiger charge is 2.37. The van der Waals surface area contributed by atoms with Crippen LogP contribution >= 0.6 is 11.6 Å². The summed E-state index contributed by atoms with van der Waals surface area (Å²) in [5.74, 6) is 0. The van der Waals surface area contributed by atoms with Gasteiger partial charge in [-0.15, -0.1) is 0 Å². The minimum Gasteiger partial charge on any atom is -0.303 e. The van der Waals surface area contributed by atoms with Gasteiger partial charge in [-0.25, -0.2) is 16.8 Å². The third kappa shape index (κ3) is 4.20. The Morgan fingerprint density at radius 3 is 2.30 bits per heavy atom. The Balaban J connectivity index is 2.10. The van der Waals surface area contributed by atoms with Gasteiger partial charge in [-0.05, 0) is 30.8 Å². The lowest BCUT2D eigenvalue weighted by molar-refractivity contribution is 0.160. The molecule has 2 aromatic rings. The average Bonchev–Trinajstić information content (AvgIpc) is 2.61. The minimum atomic E-state index is -3.99. The van der Waals surface area contributed by atoms with E-state index in [4.69, 9.17) is 11.6 Å². The van der Waals surface area contributed by atoms with Crippen molar-refractivity contribution in [1.29, 1.82) is 0 Å². The molecule has 9 heteroatoms.